The fraction of sp³-hybridized carbons (Fsp3) is 0.714. The number of thioether (sulfide) groups is 1. The first-order valence-corrected chi connectivity index (χ1v) is 4.85. The highest BCUT2D eigenvalue weighted by Crippen LogP contribution is 2.03. The highest BCUT2D eigenvalue weighted by Gasteiger charge is 2.01. The second kappa shape index (κ2) is 6.61. The lowest BCUT2D eigenvalue weighted by Gasteiger charge is -2.00. The third kappa shape index (κ3) is 7.81. The molecule has 0 aliphatic carbocycles. The predicted octanol–water partition coefficient (Wildman–Crippen LogP) is 2.02. The first-order valence-electron chi connectivity index (χ1n) is 3.45. The Kier molecular flexibility index (Phi) is 6.56. The molecule has 0 spiro atoms. The first kappa shape index (κ1) is 10.9. The summed E-state index contributed by atoms with van der Waals surface area (Å²) in [5.74, 6) is 0.163. The maximum Gasteiger partial charge on any atom is 0.316 e. The second-order valence-corrected chi connectivity index (χ2v) is 4.06. The van der Waals surface area contributed by atoms with Crippen LogP contribution in [-0.2, 0) is 9.53 Å². The minimum Gasteiger partial charge on any atom is -0.465 e. The molecule has 4 heteroatoms. The predicted molar refractivity (Wildman–Crippen MR) is 52.0 cm³/mol. The molecule has 0 unspecified atom stereocenters. The smallest absolute Gasteiger partial charge is 0.316 e. The zero-order valence-electron chi connectivity index (χ0n) is 6.75. The second-order valence-electron chi connectivity index (χ2n) is 2.00. The molecule has 0 amide bonds. The molecule has 11 heavy (non-hydrogen) atoms. The first-order chi connectivity index (χ1) is 5.16. The van der Waals surface area contributed by atoms with Crippen molar-refractivity contribution in [3.63, 3.8) is 0 Å². The van der Waals surface area contributed by atoms with Gasteiger partial charge in [0.1, 0.15) is 0 Å². The van der Waals surface area contributed by atoms with E-state index in [1.165, 1.54) is 11.8 Å². The fourth-order valence-corrected chi connectivity index (χ4v) is 0.999. The van der Waals surface area contributed by atoms with Crippen molar-refractivity contribution in [2.24, 2.45) is 0 Å². The summed E-state index contributed by atoms with van der Waals surface area (Å²) in [5, 5.41) is 0. The molecular formula is C7H12O2S2. The van der Waals surface area contributed by atoms with Crippen LogP contribution in [0.1, 0.15) is 20.3 Å². The molecule has 0 atom stereocenters. The molecule has 0 saturated carbocycles. The van der Waals surface area contributed by atoms with E-state index in [0.29, 0.717) is 12.4 Å². The highest BCUT2D eigenvalue weighted by atomic mass is 32.2. The Hall–Kier alpha value is -0.0900. The van der Waals surface area contributed by atoms with Crippen LogP contribution in [0, 0.1) is 0 Å². The summed E-state index contributed by atoms with van der Waals surface area (Å²) in [4.78, 5) is 10.8. The lowest BCUT2D eigenvalue weighted by Crippen LogP contribution is -2.08. The Balaban J connectivity index is 3.30. The lowest BCUT2D eigenvalue weighted by molar-refractivity contribution is -0.140. The van der Waals surface area contributed by atoms with Gasteiger partial charge in [0.25, 0.3) is 0 Å². The van der Waals surface area contributed by atoms with Crippen molar-refractivity contribution < 1.29 is 9.53 Å². The van der Waals surface area contributed by atoms with Gasteiger partial charge in [-0.15, -0.1) is 11.8 Å². The van der Waals surface area contributed by atoms with Crippen molar-refractivity contribution in [2.45, 2.75) is 20.3 Å². The molecule has 0 fully saturated rings. The summed E-state index contributed by atoms with van der Waals surface area (Å²) >= 11 is 6.13. The quantitative estimate of drug-likeness (QED) is 0.503. The van der Waals surface area contributed by atoms with Gasteiger partial charge in [0.2, 0.25) is 0 Å². The fourth-order valence-electron chi connectivity index (χ4n) is 0.418. The Morgan fingerprint density at radius 3 is 2.73 bits per heavy atom. The van der Waals surface area contributed by atoms with Gasteiger partial charge in [-0.25, -0.2) is 0 Å². The van der Waals surface area contributed by atoms with Crippen LogP contribution >= 0.6 is 24.0 Å². The Morgan fingerprint density at radius 1 is 1.64 bits per heavy atom. The van der Waals surface area contributed by atoms with Gasteiger partial charge in [0.15, 0.2) is 0 Å². The van der Waals surface area contributed by atoms with Crippen molar-refractivity contribution in [2.75, 3.05) is 12.4 Å². The zero-order chi connectivity index (χ0) is 8.69. The summed E-state index contributed by atoms with van der Waals surface area (Å²) in [6.45, 7) is 4.27. The Morgan fingerprint density at radius 2 is 2.27 bits per heavy atom. The van der Waals surface area contributed by atoms with Gasteiger partial charge in [-0.3, -0.25) is 4.79 Å². The van der Waals surface area contributed by atoms with Crippen LogP contribution in [0.5, 0.6) is 0 Å². The van der Waals surface area contributed by atoms with Crippen LogP contribution in [0.25, 0.3) is 0 Å². The van der Waals surface area contributed by atoms with E-state index in [9.17, 15) is 4.79 Å². The van der Waals surface area contributed by atoms with Crippen LogP contribution in [0.3, 0.4) is 0 Å². The van der Waals surface area contributed by atoms with Gasteiger partial charge in [-0.2, -0.15) is 0 Å². The monoisotopic (exact) mass is 192 g/mol. The van der Waals surface area contributed by atoms with E-state index in [1.807, 2.05) is 6.92 Å². The van der Waals surface area contributed by atoms with Crippen LogP contribution in [0.15, 0.2) is 0 Å². The highest BCUT2D eigenvalue weighted by molar-refractivity contribution is 8.23. The summed E-state index contributed by atoms with van der Waals surface area (Å²) in [5.41, 5.74) is 0. The molecule has 0 radical (unpaired) electrons. The standard InChI is InChI=1S/C7H12O2S2/c1-3-4-9-7(8)5-11-6(2)10/h3-5H2,1-2H3. The van der Waals surface area contributed by atoms with Crippen molar-refractivity contribution in [3.05, 3.63) is 0 Å². The topological polar surface area (TPSA) is 26.3 Å². The number of carbonyl (C=O) groups is 1. The molecule has 2 nitrogen and oxygen atoms in total. The minimum absolute atomic E-state index is 0.180. The minimum atomic E-state index is -0.180. The van der Waals surface area contributed by atoms with Crippen LogP contribution in [0.4, 0.5) is 0 Å². The average Bonchev–Trinajstić information content (AvgIpc) is 1.97. The molecule has 0 heterocycles. The molecular weight excluding hydrogens is 180 g/mol. The normalized spacial score (nSPS) is 9.27. The van der Waals surface area contributed by atoms with Crippen molar-refractivity contribution in [1.82, 2.24) is 0 Å². The van der Waals surface area contributed by atoms with Crippen molar-refractivity contribution >= 4 is 34.1 Å². The Bertz CT molecular complexity index is 145. The third-order valence-corrected chi connectivity index (χ3v) is 2.00. The zero-order valence-corrected chi connectivity index (χ0v) is 8.39. The van der Waals surface area contributed by atoms with E-state index < -0.39 is 0 Å². The maximum absolute atomic E-state index is 10.8. The van der Waals surface area contributed by atoms with Gasteiger partial charge in [-0.1, -0.05) is 19.1 Å². The number of carbonyl (C=O) groups excluding carboxylic acids is 1. The molecule has 0 aromatic carbocycles. The van der Waals surface area contributed by atoms with Crippen LogP contribution in [-0.4, -0.2) is 22.5 Å². The van der Waals surface area contributed by atoms with Crippen LogP contribution in [0.2, 0.25) is 0 Å². The molecule has 0 aromatic rings. The number of hydrogen-bond donors (Lipinski definition) is 0. The average molecular weight is 192 g/mol. The maximum atomic E-state index is 10.8. The van der Waals surface area contributed by atoms with Crippen LogP contribution < -0.4 is 0 Å². The van der Waals surface area contributed by atoms with E-state index in [4.69, 9.17) is 17.0 Å². The van der Waals surface area contributed by atoms with E-state index in [0.717, 1.165) is 10.6 Å². The molecule has 0 bridgehead atoms. The van der Waals surface area contributed by atoms with Gasteiger partial charge in [0.05, 0.1) is 12.4 Å². The number of ether oxygens (including phenoxy) is 1. The summed E-state index contributed by atoms with van der Waals surface area (Å²) in [7, 11) is 0. The molecule has 0 aliphatic heterocycles. The van der Waals surface area contributed by atoms with Gasteiger partial charge in [0, 0.05) is 4.20 Å². The third-order valence-electron chi connectivity index (χ3n) is 0.860. The summed E-state index contributed by atoms with van der Waals surface area (Å²) in [6.07, 6.45) is 0.868. The molecule has 0 saturated heterocycles. The molecule has 64 valence electrons. The van der Waals surface area contributed by atoms with E-state index in [1.54, 1.807) is 6.92 Å². The molecule has 0 aromatic heterocycles. The van der Waals surface area contributed by atoms with Crippen molar-refractivity contribution in [1.29, 1.82) is 0 Å². The SMILES string of the molecule is CCCOC(=O)CSC(C)=S. The summed E-state index contributed by atoms with van der Waals surface area (Å²) in [6, 6.07) is 0. The molecule has 0 aliphatic rings. The molecule has 0 rings (SSSR count). The van der Waals surface area contributed by atoms with Gasteiger partial charge >= 0.3 is 5.97 Å². The lowest BCUT2D eigenvalue weighted by atomic mass is 10.5. The number of rotatable bonds is 4. The number of esters is 1. The Labute approximate surface area is 76.7 Å². The number of thiocarbonyl (C=S) groups is 1. The van der Waals surface area contributed by atoms with Gasteiger partial charge in [-0.05, 0) is 13.3 Å². The summed E-state index contributed by atoms with van der Waals surface area (Å²) < 4.78 is 5.60. The van der Waals surface area contributed by atoms with E-state index >= 15 is 0 Å². The number of hydrogen-bond acceptors (Lipinski definition) is 4. The van der Waals surface area contributed by atoms with E-state index in [-0.39, 0.29) is 5.97 Å². The van der Waals surface area contributed by atoms with E-state index in [2.05, 4.69) is 0 Å². The largest absolute Gasteiger partial charge is 0.465 e. The molecule has 0 N–H and O–H groups in total. The van der Waals surface area contributed by atoms with Gasteiger partial charge < -0.3 is 4.74 Å². The van der Waals surface area contributed by atoms with Crippen molar-refractivity contribution in [3.8, 4) is 0 Å².